The molecule has 2 rings (SSSR count). The highest BCUT2D eigenvalue weighted by atomic mass is 35.5. The van der Waals surface area contributed by atoms with Crippen LogP contribution in [0.3, 0.4) is 0 Å². The molecule has 2 aromatic rings. The molecular weight excluding hydrogens is 244 g/mol. The molecule has 0 fully saturated rings. The fourth-order valence-electron chi connectivity index (χ4n) is 1.24. The summed E-state index contributed by atoms with van der Waals surface area (Å²) < 4.78 is 4.76. The number of anilines is 2. The van der Waals surface area contributed by atoms with Crippen LogP contribution in [0.15, 0.2) is 22.7 Å². The number of hydrogen-bond donors (Lipinski definition) is 2. The number of benzene rings is 1. The Hall–Kier alpha value is -2.08. The van der Waals surface area contributed by atoms with Crippen molar-refractivity contribution in [2.45, 2.75) is 6.92 Å². The first-order valence-electron chi connectivity index (χ1n) is 4.73. The lowest BCUT2D eigenvalue weighted by atomic mass is 10.2. The summed E-state index contributed by atoms with van der Waals surface area (Å²) >= 11 is 5.91. The molecule has 88 valence electrons. The minimum Gasteiger partial charge on any atom is -0.398 e. The molecule has 0 radical (unpaired) electrons. The summed E-state index contributed by atoms with van der Waals surface area (Å²) in [5.74, 6) is -0.0232. The Morgan fingerprint density at radius 2 is 2.29 bits per heavy atom. The van der Waals surface area contributed by atoms with Crippen LogP contribution in [-0.4, -0.2) is 16.0 Å². The molecule has 17 heavy (non-hydrogen) atoms. The van der Waals surface area contributed by atoms with Gasteiger partial charge in [0, 0.05) is 0 Å². The molecule has 3 N–H and O–H groups in total. The average molecular weight is 253 g/mol. The van der Waals surface area contributed by atoms with Gasteiger partial charge in [-0.3, -0.25) is 10.1 Å². The van der Waals surface area contributed by atoms with Crippen molar-refractivity contribution in [2.75, 3.05) is 11.1 Å². The Balaban J connectivity index is 2.23. The van der Waals surface area contributed by atoms with Gasteiger partial charge in [0.05, 0.1) is 16.3 Å². The molecule has 0 unspecified atom stereocenters. The number of nitrogens with one attached hydrogen (secondary N) is 1. The van der Waals surface area contributed by atoms with Crippen LogP contribution in [0.4, 0.5) is 11.7 Å². The van der Waals surface area contributed by atoms with Gasteiger partial charge in [0.1, 0.15) is 0 Å². The Morgan fingerprint density at radius 3 is 2.94 bits per heavy atom. The Kier molecular flexibility index (Phi) is 2.97. The second-order valence-corrected chi connectivity index (χ2v) is 3.69. The maximum Gasteiger partial charge on any atom is 0.328 e. The first kappa shape index (κ1) is 11.4. The molecule has 6 nitrogen and oxygen atoms in total. The third-order valence-electron chi connectivity index (χ3n) is 2.02. The standard InChI is InChI=1S/C10H9ClN4O2/c1-5-13-10(17-15-5)14-9(16)6-3-2-4-7(12)8(6)11/h2-4H,12H2,1H3,(H,13,14,15,16). The van der Waals surface area contributed by atoms with Gasteiger partial charge in [-0.15, -0.1) is 0 Å². The lowest BCUT2D eigenvalue weighted by Crippen LogP contribution is -2.13. The van der Waals surface area contributed by atoms with Gasteiger partial charge in [-0.25, -0.2) is 0 Å². The van der Waals surface area contributed by atoms with Crippen LogP contribution in [-0.2, 0) is 0 Å². The highest BCUT2D eigenvalue weighted by Crippen LogP contribution is 2.23. The van der Waals surface area contributed by atoms with Gasteiger partial charge < -0.3 is 10.3 Å². The van der Waals surface area contributed by atoms with Crippen LogP contribution in [0.5, 0.6) is 0 Å². The van der Waals surface area contributed by atoms with Gasteiger partial charge in [0.25, 0.3) is 5.91 Å². The molecule has 0 saturated carbocycles. The summed E-state index contributed by atoms with van der Waals surface area (Å²) in [5, 5.41) is 6.17. The number of hydrogen-bond acceptors (Lipinski definition) is 5. The minimum atomic E-state index is -0.453. The Bertz CT molecular complexity index is 567. The second-order valence-electron chi connectivity index (χ2n) is 3.31. The number of nitrogens with two attached hydrogens (primary N) is 1. The number of nitrogens with zero attached hydrogens (tertiary/aromatic N) is 2. The van der Waals surface area contributed by atoms with Gasteiger partial charge in [0.2, 0.25) is 0 Å². The zero-order valence-electron chi connectivity index (χ0n) is 8.90. The van der Waals surface area contributed by atoms with E-state index < -0.39 is 5.91 Å². The van der Waals surface area contributed by atoms with E-state index in [0.717, 1.165) is 0 Å². The van der Waals surface area contributed by atoms with Crippen molar-refractivity contribution >= 4 is 29.2 Å². The third kappa shape index (κ3) is 2.36. The molecular formula is C10H9ClN4O2. The number of carbonyl (C=O) groups excluding carboxylic acids is 1. The summed E-state index contributed by atoms with van der Waals surface area (Å²) in [4.78, 5) is 15.7. The summed E-state index contributed by atoms with van der Waals surface area (Å²) in [6.07, 6.45) is 0. The fraction of sp³-hybridized carbons (Fsp3) is 0.100. The van der Waals surface area contributed by atoms with Gasteiger partial charge in [-0.05, 0) is 19.1 Å². The van der Waals surface area contributed by atoms with Crippen LogP contribution in [0.1, 0.15) is 16.2 Å². The normalized spacial score (nSPS) is 10.2. The van der Waals surface area contributed by atoms with Crippen LogP contribution >= 0.6 is 11.6 Å². The lowest BCUT2D eigenvalue weighted by Gasteiger charge is -2.04. The van der Waals surface area contributed by atoms with Crippen molar-refractivity contribution in [3.8, 4) is 0 Å². The van der Waals surface area contributed by atoms with E-state index in [1.54, 1.807) is 25.1 Å². The molecule has 1 amide bonds. The van der Waals surface area contributed by atoms with Crippen molar-refractivity contribution in [1.29, 1.82) is 0 Å². The molecule has 0 aliphatic rings. The van der Waals surface area contributed by atoms with E-state index in [1.807, 2.05) is 0 Å². The Labute approximate surface area is 102 Å². The van der Waals surface area contributed by atoms with Crippen molar-refractivity contribution in [3.05, 3.63) is 34.6 Å². The first-order chi connectivity index (χ1) is 8.08. The van der Waals surface area contributed by atoms with E-state index in [-0.39, 0.29) is 16.6 Å². The van der Waals surface area contributed by atoms with E-state index >= 15 is 0 Å². The van der Waals surface area contributed by atoms with Crippen molar-refractivity contribution in [1.82, 2.24) is 10.1 Å². The maximum absolute atomic E-state index is 11.8. The highest BCUT2D eigenvalue weighted by molar-refractivity contribution is 6.36. The van der Waals surface area contributed by atoms with Crippen LogP contribution < -0.4 is 11.1 Å². The zero-order valence-corrected chi connectivity index (χ0v) is 9.65. The van der Waals surface area contributed by atoms with Crippen molar-refractivity contribution < 1.29 is 9.32 Å². The number of carbonyl (C=O) groups is 1. The number of aromatic nitrogens is 2. The zero-order chi connectivity index (χ0) is 12.4. The molecule has 0 aliphatic carbocycles. The fourth-order valence-corrected chi connectivity index (χ4v) is 1.45. The largest absolute Gasteiger partial charge is 0.398 e. The monoisotopic (exact) mass is 252 g/mol. The molecule has 0 spiro atoms. The van der Waals surface area contributed by atoms with Crippen molar-refractivity contribution in [3.63, 3.8) is 0 Å². The van der Waals surface area contributed by atoms with Crippen LogP contribution in [0.25, 0.3) is 0 Å². The average Bonchev–Trinajstić information content (AvgIpc) is 2.68. The van der Waals surface area contributed by atoms with E-state index in [4.69, 9.17) is 21.9 Å². The summed E-state index contributed by atoms with van der Waals surface area (Å²) in [5.41, 5.74) is 6.18. The van der Waals surface area contributed by atoms with Crippen LogP contribution in [0.2, 0.25) is 5.02 Å². The first-order valence-corrected chi connectivity index (χ1v) is 5.11. The third-order valence-corrected chi connectivity index (χ3v) is 2.44. The number of aryl methyl sites for hydroxylation is 1. The minimum absolute atomic E-state index is 0.0194. The summed E-state index contributed by atoms with van der Waals surface area (Å²) in [7, 11) is 0. The SMILES string of the molecule is Cc1noc(NC(=O)c2cccc(N)c2Cl)n1. The lowest BCUT2D eigenvalue weighted by molar-refractivity contribution is 0.102. The van der Waals surface area contributed by atoms with Crippen molar-refractivity contribution in [2.24, 2.45) is 0 Å². The predicted molar refractivity (Wildman–Crippen MR) is 62.9 cm³/mol. The molecule has 0 atom stereocenters. The summed E-state index contributed by atoms with van der Waals surface area (Å²) in [6.45, 7) is 1.65. The van der Waals surface area contributed by atoms with E-state index in [9.17, 15) is 4.79 Å². The quantitative estimate of drug-likeness (QED) is 0.796. The maximum atomic E-state index is 11.8. The molecule has 7 heteroatoms. The molecule has 0 bridgehead atoms. The number of halogens is 1. The molecule has 0 saturated heterocycles. The van der Waals surface area contributed by atoms with E-state index in [1.165, 1.54) is 0 Å². The molecule has 0 aliphatic heterocycles. The van der Waals surface area contributed by atoms with Gasteiger partial charge in [-0.1, -0.05) is 22.8 Å². The Morgan fingerprint density at radius 1 is 1.53 bits per heavy atom. The molecule has 1 aromatic heterocycles. The topological polar surface area (TPSA) is 94.0 Å². The number of rotatable bonds is 2. The molecule has 1 heterocycles. The summed E-state index contributed by atoms with van der Waals surface area (Å²) in [6, 6.07) is 4.81. The number of amides is 1. The molecule has 1 aromatic carbocycles. The van der Waals surface area contributed by atoms with Gasteiger partial charge in [-0.2, -0.15) is 4.98 Å². The van der Waals surface area contributed by atoms with Gasteiger partial charge >= 0.3 is 6.01 Å². The highest BCUT2D eigenvalue weighted by Gasteiger charge is 2.14. The smallest absolute Gasteiger partial charge is 0.328 e. The van der Waals surface area contributed by atoms with E-state index in [0.29, 0.717) is 11.5 Å². The van der Waals surface area contributed by atoms with E-state index in [2.05, 4.69) is 15.5 Å². The van der Waals surface area contributed by atoms with Crippen LogP contribution in [0, 0.1) is 6.92 Å². The number of nitrogen functional groups attached to an aromatic ring is 1. The predicted octanol–water partition coefficient (Wildman–Crippen LogP) is 1.87. The second kappa shape index (κ2) is 4.42. The van der Waals surface area contributed by atoms with Gasteiger partial charge in [0.15, 0.2) is 5.82 Å².